The van der Waals surface area contributed by atoms with E-state index >= 15 is 0 Å². The van der Waals surface area contributed by atoms with Gasteiger partial charge in [0.25, 0.3) is 0 Å². The van der Waals surface area contributed by atoms with Gasteiger partial charge in [0.15, 0.2) is 5.96 Å². The van der Waals surface area contributed by atoms with Gasteiger partial charge in [0.1, 0.15) is 17.9 Å². The maximum absolute atomic E-state index is 6.04. The van der Waals surface area contributed by atoms with Crippen molar-refractivity contribution in [3.63, 3.8) is 0 Å². The van der Waals surface area contributed by atoms with E-state index in [1.54, 1.807) is 0 Å². The molecule has 27 heavy (non-hydrogen) atoms. The Bertz CT molecular complexity index is 791. The van der Waals surface area contributed by atoms with E-state index in [1.807, 2.05) is 12.1 Å². The number of benzene rings is 1. The summed E-state index contributed by atoms with van der Waals surface area (Å²) in [6.07, 6.45) is 4.01. The van der Waals surface area contributed by atoms with Gasteiger partial charge < -0.3 is 19.5 Å². The van der Waals surface area contributed by atoms with Gasteiger partial charge in [0.05, 0.1) is 0 Å². The van der Waals surface area contributed by atoms with Crippen molar-refractivity contribution in [2.75, 3.05) is 39.3 Å². The second-order valence-corrected chi connectivity index (χ2v) is 7.92. The first kappa shape index (κ1) is 18.4. The van der Waals surface area contributed by atoms with Crippen molar-refractivity contribution in [1.82, 2.24) is 15.1 Å². The van der Waals surface area contributed by atoms with Crippen molar-refractivity contribution < 1.29 is 4.42 Å². The molecule has 2 aliphatic rings. The lowest BCUT2D eigenvalue weighted by molar-refractivity contribution is 0.281. The number of nitrogens with zero attached hydrogens (tertiary/aromatic N) is 3. The van der Waals surface area contributed by atoms with Crippen molar-refractivity contribution >= 4 is 16.9 Å². The van der Waals surface area contributed by atoms with E-state index < -0.39 is 0 Å². The maximum Gasteiger partial charge on any atom is 0.194 e. The molecule has 0 radical (unpaired) electrons. The van der Waals surface area contributed by atoms with Gasteiger partial charge in [-0.05, 0) is 58.2 Å². The molecular formula is C22H32N4O. The zero-order valence-corrected chi connectivity index (χ0v) is 16.7. The number of rotatable bonds is 5. The maximum atomic E-state index is 6.04. The van der Waals surface area contributed by atoms with Crippen molar-refractivity contribution in [2.45, 2.75) is 39.7 Å². The van der Waals surface area contributed by atoms with Gasteiger partial charge in [-0.25, -0.2) is 4.99 Å². The molecule has 4 rings (SSSR count). The van der Waals surface area contributed by atoms with Crippen molar-refractivity contribution in [3.05, 3.63) is 35.6 Å². The van der Waals surface area contributed by atoms with Gasteiger partial charge in [-0.2, -0.15) is 0 Å². The summed E-state index contributed by atoms with van der Waals surface area (Å²) in [5.41, 5.74) is 2.16. The van der Waals surface area contributed by atoms with Crippen LogP contribution in [0.5, 0.6) is 0 Å². The minimum absolute atomic E-state index is 0.593. The van der Waals surface area contributed by atoms with Crippen LogP contribution in [0, 0.1) is 12.8 Å². The normalized spacial score (nSPS) is 21.5. The molecule has 2 aliphatic heterocycles. The van der Waals surface area contributed by atoms with Crippen LogP contribution < -0.4 is 5.32 Å². The van der Waals surface area contributed by atoms with E-state index in [-0.39, 0.29) is 0 Å². The topological polar surface area (TPSA) is 44.0 Å². The predicted octanol–water partition coefficient (Wildman–Crippen LogP) is 3.62. The van der Waals surface area contributed by atoms with E-state index in [0.717, 1.165) is 42.9 Å². The molecule has 2 fully saturated rings. The summed E-state index contributed by atoms with van der Waals surface area (Å²) in [4.78, 5) is 9.98. The third-order valence-electron chi connectivity index (χ3n) is 5.95. The van der Waals surface area contributed by atoms with Gasteiger partial charge >= 0.3 is 0 Å². The Hall–Kier alpha value is -2.01. The summed E-state index contributed by atoms with van der Waals surface area (Å²) in [6, 6.07) is 8.24. The second-order valence-electron chi connectivity index (χ2n) is 7.92. The third-order valence-corrected chi connectivity index (χ3v) is 5.95. The molecule has 2 aromatic rings. The van der Waals surface area contributed by atoms with Crippen LogP contribution in [0.25, 0.3) is 11.0 Å². The van der Waals surface area contributed by atoms with Crippen LogP contribution >= 0.6 is 0 Å². The number of nitrogens with one attached hydrogen (secondary N) is 1. The Kier molecular flexibility index (Phi) is 5.67. The number of hydrogen-bond donors (Lipinski definition) is 1. The highest BCUT2D eigenvalue weighted by Gasteiger charge is 2.27. The predicted molar refractivity (Wildman–Crippen MR) is 111 cm³/mol. The number of aliphatic imine (C=N–C) groups is 1. The lowest BCUT2D eigenvalue weighted by atomic mass is 10.1. The smallest absolute Gasteiger partial charge is 0.194 e. The van der Waals surface area contributed by atoms with Crippen molar-refractivity contribution in [1.29, 1.82) is 0 Å². The summed E-state index contributed by atoms with van der Waals surface area (Å²) >= 11 is 0. The first-order chi connectivity index (χ1) is 13.2. The quantitative estimate of drug-likeness (QED) is 0.647. The number of para-hydroxylation sites is 1. The number of aryl methyl sites for hydroxylation is 1. The molecule has 1 aromatic carbocycles. The molecule has 0 spiro atoms. The van der Waals surface area contributed by atoms with Crippen molar-refractivity contribution in [2.24, 2.45) is 10.9 Å². The fourth-order valence-electron chi connectivity index (χ4n) is 4.45. The first-order valence-electron chi connectivity index (χ1n) is 10.5. The molecule has 1 atom stereocenters. The third kappa shape index (κ3) is 4.13. The summed E-state index contributed by atoms with van der Waals surface area (Å²) in [5.74, 6) is 2.76. The van der Waals surface area contributed by atoms with E-state index in [9.17, 15) is 0 Å². The Balaban J connectivity index is 1.43. The average molecular weight is 369 g/mol. The van der Waals surface area contributed by atoms with Crippen LogP contribution in [0.4, 0.5) is 0 Å². The van der Waals surface area contributed by atoms with Gasteiger partial charge in [-0.15, -0.1) is 0 Å². The van der Waals surface area contributed by atoms with Crippen LogP contribution in [0.1, 0.15) is 37.5 Å². The SMILES string of the molecule is CCNC(=NCc1oc2ccccc2c1C)N1CCC(CN2CCCC2)C1. The number of fused-ring (bicyclic) bond motifs is 1. The Morgan fingerprint density at radius 3 is 2.81 bits per heavy atom. The summed E-state index contributed by atoms with van der Waals surface area (Å²) in [5, 5.41) is 4.68. The molecule has 2 saturated heterocycles. The Labute approximate surface area is 162 Å². The second kappa shape index (κ2) is 8.34. The highest BCUT2D eigenvalue weighted by molar-refractivity contribution is 5.82. The molecule has 0 aliphatic carbocycles. The molecule has 1 aromatic heterocycles. The Morgan fingerprint density at radius 1 is 1.22 bits per heavy atom. The van der Waals surface area contributed by atoms with Crippen LogP contribution in [0.15, 0.2) is 33.7 Å². The van der Waals surface area contributed by atoms with E-state index in [2.05, 4.69) is 41.1 Å². The largest absolute Gasteiger partial charge is 0.459 e. The molecule has 5 heteroatoms. The van der Waals surface area contributed by atoms with Crippen LogP contribution in [-0.2, 0) is 6.54 Å². The number of likely N-dealkylation sites (tertiary alicyclic amines) is 2. The zero-order valence-electron chi connectivity index (χ0n) is 16.7. The molecule has 3 heterocycles. The van der Waals surface area contributed by atoms with Gasteiger partial charge in [-0.3, -0.25) is 0 Å². The average Bonchev–Trinajstić information content (AvgIpc) is 3.41. The molecule has 5 nitrogen and oxygen atoms in total. The summed E-state index contributed by atoms with van der Waals surface area (Å²) in [6.45, 7) is 11.8. The standard InChI is InChI=1S/C22H32N4O/c1-3-23-22(26-13-10-18(16-26)15-25-11-6-7-12-25)24-14-21-17(2)19-8-4-5-9-20(19)27-21/h4-5,8-9,18H,3,6-7,10-16H2,1-2H3,(H,23,24). The molecule has 1 N–H and O–H groups in total. The van der Waals surface area contributed by atoms with Gasteiger partial charge in [-0.1, -0.05) is 18.2 Å². The van der Waals surface area contributed by atoms with Crippen LogP contribution in [-0.4, -0.2) is 55.0 Å². The number of guanidine groups is 1. The number of hydrogen-bond acceptors (Lipinski definition) is 3. The number of furan rings is 1. The Morgan fingerprint density at radius 2 is 2.04 bits per heavy atom. The summed E-state index contributed by atoms with van der Waals surface area (Å²) in [7, 11) is 0. The zero-order chi connectivity index (χ0) is 18.6. The summed E-state index contributed by atoms with van der Waals surface area (Å²) < 4.78 is 6.04. The highest BCUT2D eigenvalue weighted by atomic mass is 16.3. The lowest BCUT2D eigenvalue weighted by Gasteiger charge is -2.23. The van der Waals surface area contributed by atoms with Gasteiger partial charge in [0, 0.05) is 37.1 Å². The van der Waals surface area contributed by atoms with E-state index in [4.69, 9.17) is 9.41 Å². The minimum Gasteiger partial charge on any atom is -0.459 e. The van der Waals surface area contributed by atoms with Crippen molar-refractivity contribution in [3.8, 4) is 0 Å². The van der Waals surface area contributed by atoms with Crippen LogP contribution in [0.3, 0.4) is 0 Å². The minimum atomic E-state index is 0.593. The fourth-order valence-corrected chi connectivity index (χ4v) is 4.45. The molecular weight excluding hydrogens is 336 g/mol. The highest BCUT2D eigenvalue weighted by Crippen LogP contribution is 2.26. The molecule has 0 amide bonds. The van der Waals surface area contributed by atoms with Gasteiger partial charge in [0.2, 0.25) is 0 Å². The molecule has 0 bridgehead atoms. The molecule has 146 valence electrons. The monoisotopic (exact) mass is 368 g/mol. The lowest BCUT2D eigenvalue weighted by Crippen LogP contribution is -2.40. The van der Waals surface area contributed by atoms with E-state index in [1.165, 1.54) is 49.8 Å². The fraction of sp³-hybridized carbons (Fsp3) is 0.591. The van der Waals surface area contributed by atoms with Crippen LogP contribution in [0.2, 0.25) is 0 Å². The first-order valence-corrected chi connectivity index (χ1v) is 10.5. The van der Waals surface area contributed by atoms with E-state index in [0.29, 0.717) is 6.54 Å². The molecule has 1 unspecified atom stereocenters. The molecule has 0 saturated carbocycles.